The molecule has 40 heavy (non-hydrogen) atoms. The fourth-order valence-electron chi connectivity index (χ4n) is 4.07. The van der Waals surface area contributed by atoms with Gasteiger partial charge in [-0.1, -0.05) is 24.6 Å². The topological polar surface area (TPSA) is 230 Å². The Balaban J connectivity index is 2.14. The zero-order chi connectivity index (χ0) is 29.7. The van der Waals surface area contributed by atoms with Crippen LogP contribution in [0.25, 0.3) is 10.9 Å². The standard InChI is InChI=1S/C26H38N6O7S/c1-40-11-9-19(30-25(37)20(13-22(33)34)31-23(35)17(28)7-4-5-10-27)24(36)32-21(26(38)39)12-15-14-29-18-8-3-2-6-16(15)18/h2-3,6,8,14,17,19-21,29H,4-5,7,9-13,27-28H2,1H3,(H,30,37)(H,31,35)(H,32,36)(H,33,34)(H,38,39). The second-order valence-electron chi connectivity index (χ2n) is 9.36. The highest BCUT2D eigenvalue weighted by Gasteiger charge is 2.31. The molecule has 10 N–H and O–H groups in total. The quantitative estimate of drug-likeness (QED) is 0.110. The van der Waals surface area contributed by atoms with Gasteiger partial charge >= 0.3 is 11.9 Å². The molecule has 0 spiro atoms. The van der Waals surface area contributed by atoms with Gasteiger partial charge in [-0.2, -0.15) is 11.8 Å². The molecular formula is C26H38N6O7S. The number of nitrogens with one attached hydrogen (secondary N) is 4. The van der Waals surface area contributed by atoms with Crippen LogP contribution >= 0.6 is 11.8 Å². The van der Waals surface area contributed by atoms with Crippen LogP contribution in [0, 0.1) is 0 Å². The van der Waals surface area contributed by atoms with E-state index in [0.717, 1.165) is 10.9 Å². The van der Waals surface area contributed by atoms with Gasteiger partial charge in [0.2, 0.25) is 17.7 Å². The molecule has 0 aliphatic rings. The molecule has 3 amide bonds. The molecule has 14 heteroatoms. The van der Waals surface area contributed by atoms with Gasteiger partial charge in [0.25, 0.3) is 0 Å². The van der Waals surface area contributed by atoms with E-state index in [9.17, 15) is 34.2 Å². The number of benzene rings is 1. The average Bonchev–Trinajstić information content (AvgIpc) is 3.32. The number of carbonyl (C=O) groups excluding carboxylic acids is 3. The molecule has 1 aromatic carbocycles. The number of unbranched alkanes of at least 4 members (excludes halogenated alkanes) is 1. The van der Waals surface area contributed by atoms with Crippen molar-refractivity contribution in [2.24, 2.45) is 11.5 Å². The molecule has 0 aliphatic heterocycles. The van der Waals surface area contributed by atoms with Gasteiger partial charge in [-0.3, -0.25) is 19.2 Å². The van der Waals surface area contributed by atoms with Crippen LogP contribution in [0.3, 0.4) is 0 Å². The highest BCUT2D eigenvalue weighted by Crippen LogP contribution is 2.19. The van der Waals surface area contributed by atoms with Crippen molar-refractivity contribution in [2.45, 2.75) is 62.7 Å². The second kappa shape index (κ2) is 16.5. The van der Waals surface area contributed by atoms with E-state index in [-0.39, 0.29) is 12.8 Å². The van der Waals surface area contributed by atoms with Gasteiger partial charge in [-0.15, -0.1) is 0 Å². The predicted octanol–water partition coefficient (Wildman–Crippen LogP) is -0.0665. The van der Waals surface area contributed by atoms with Crippen LogP contribution in [0.5, 0.6) is 0 Å². The predicted molar refractivity (Wildman–Crippen MR) is 152 cm³/mol. The number of hydrogen-bond donors (Lipinski definition) is 8. The molecule has 1 aromatic heterocycles. The zero-order valence-corrected chi connectivity index (χ0v) is 23.2. The molecule has 13 nitrogen and oxygen atoms in total. The lowest BCUT2D eigenvalue weighted by atomic mass is 10.0. The summed E-state index contributed by atoms with van der Waals surface area (Å²) < 4.78 is 0. The number of carboxylic acids is 2. The Morgan fingerprint density at radius 3 is 2.23 bits per heavy atom. The molecular weight excluding hydrogens is 540 g/mol. The Hall–Kier alpha value is -3.62. The van der Waals surface area contributed by atoms with E-state index in [1.165, 1.54) is 11.8 Å². The van der Waals surface area contributed by atoms with Gasteiger partial charge in [-0.05, 0) is 49.4 Å². The maximum Gasteiger partial charge on any atom is 0.326 e. The number of H-pyrrole nitrogens is 1. The monoisotopic (exact) mass is 578 g/mol. The van der Waals surface area contributed by atoms with E-state index in [2.05, 4.69) is 20.9 Å². The third kappa shape index (κ3) is 10.2. The smallest absolute Gasteiger partial charge is 0.326 e. The molecule has 220 valence electrons. The van der Waals surface area contributed by atoms with Crippen LogP contribution < -0.4 is 27.4 Å². The summed E-state index contributed by atoms with van der Waals surface area (Å²) in [6.45, 7) is 0.433. The van der Waals surface area contributed by atoms with E-state index in [4.69, 9.17) is 11.5 Å². The summed E-state index contributed by atoms with van der Waals surface area (Å²) in [4.78, 5) is 65.2. The van der Waals surface area contributed by atoms with Crippen LogP contribution in [0.15, 0.2) is 30.5 Å². The first-order valence-electron chi connectivity index (χ1n) is 12.9. The first-order chi connectivity index (χ1) is 19.1. The van der Waals surface area contributed by atoms with E-state index in [1.807, 2.05) is 24.3 Å². The molecule has 0 radical (unpaired) electrons. The average molecular weight is 579 g/mol. The van der Waals surface area contributed by atoms with Crippen LogP contribution in [-0.2, 0) is 30.4 Å². The lowest BCUT2D eigenvalue weighted by Crippen LogP contribution is -2.57. The summed E-state index contributed by atoms with van der Waals surface area (Å²) in [6.07, 6.45) is 4.43. The minimum absolute atomic E-state index is 0.00593. The Bertz CT molecular complexity index is 1170. The minimum Gasteiger partial charge on any atom is -0.481 e. The molecule has 4 unspecified atom stereocenters. The number of aromatic nitrogens is 1. The molecule has 1 heterocycles. The SMILES string of the molecule is CSCCC(NC(=O)C(CC(=O)O)NC(=O)C(N)CCCCN)C(=O)NC(Cc1c[nH]c2ccccc12)C(=O)O. The van der Waals surface area contributed by atoms with Gasteiger partial charge in [0.15, 0.2) is 0 Å². The summed E-state index contributed by atoms with van der Waals surface area (Å²) in [5, 5.41) is 27.3. The van der Waals surface area contributed by atoms with E-state index in [1.54, 1.807) is 12.5 Å². The molecule has 0 aliphatic carbocycles. The first-order valence-corrected chi connectivity index (χ1v) is 14.3. The Kier molecular flexibility index (Phi) is 13.4. The number of fused-ring (bicyclic) bond motifs is 1. The van der Waals surface area contributed by atoms with Gasteiger partial charge in [-0.25, -0.2) is 4.79 Å². The highest BCUT2D eigenvalue weighted by molar-refractivity contribution is 7.98. The molecule has 0 fully saturated rings. The number of hydrogen-bond acceptors (Lipinski definition) is 8. The fraction of sp³-hybridized carbons (Fsp3) is 0.500. The van der Waals surface area contributed by atoms with Crippen LogP contribution in [0.4, 0.5) is 0 Å². The zero-order valence-electron chi connectivity index (χ0n) is 22.4. The van der Waals surface area contributed by atoms with Crippen molar-refractivity contribution in [2.75, 3.05) is 18.6 Å². The fourth-order valence-corrected chi connectivity index (χ4v) is 4.54. The summed E-state index contributed by atoms with van der Waals surface area (Å²) in [6, 6.07) is 2.43. The molecule has 0 bridgehead atoms. The van der Waals surface area contributed by atoms with Crippen molar-refractivity contribution in [3.63, 3.8) is 0 Å². The van der Waals surface area contributed by atoms with Crippen molar-refractivity contribution in [1.82, 2.24) is 20.9 Å². The molecule has 2 aromatic rings. The van der Waals surface area contributed by atoms with Crippen molar-refractivity contribution < 1.29 is 34.2 Å². The van der Waals surface area contributed by atoms with Crippen LogP contribution in [0.1, 0.15) is 37.7 Å². The Morgan fingerprint density at radius 1 is 0.925 bits per heavy atom. The highest BCUT2D eigenvalue weighted by atomic mass is 32.2. The van der Waals surface area contributed by atoms with Crippen molar-refractivity contribution in [3.8, 4) is 0 Å². The second-order valence-corrected chi connectivity index (χ2v) is 10.3. The minimum atomic E-state index is -1.49. The van der Waals surface area contributed by atoms with Crippen molar-refractivity contribution in [1.29, 1.82) is 0 Å². The number of carboxylic acid groups (broad SMARTS) is 2. The number of carbonyl (C=O) groups is 5. The summed E-state index contributed by atoms with van der Waals surface area (Å²) in [5.74, 6) is -4.49. The lowest BCUT2D eigenvalue weighted by molar-refractivity contribution is -0.143. The number of aromatic amines is 1. The number of aliphatic carboxylic acids is 2. The molecule has 2 rings (SSSR count). The lowest BCUT2D eigenvalue weighted by Gasteiger charge is -2.24. The third-order valence-electron chi connectivity index (χ3n) is 6.27. The number of nitrogens with two attached hydrogens (primary N) is 2. The molecule has 4 atom stereocenters. The number of thioether (sulfide) groups is 1. The van der Waals surface area contributed by atoms with Crippen molar-refractivity contribution >= 4 is 52.3 Å². The third-order valence-corrected chi connectivity index (χ3v) is 6.92. The normalized spacial score (nSPS) is 14.1. The van der Waals surface area contributed by atoms with E-state index < -0.39 is 60.2 Å². The Labute approximate surface area is 236 Å². The summed E-state index contributed by atoms with van der Waals surface area (Å²) in [5.41, 5.74) is 12.8. The Morgan fingerprint density at radius 2 is 1.57 bits per heavy atom. The molecule has 0 saturated heterocycles. The van der Waals surface area contributed by atoms with Gasteiger partial charge in [0, 0.05) is 23.5 Å². The van der Waals surface area contributed by atoms with Gasteiger partial charge in [0.05, 0.1) is 12.5 Å². The van der Waals surface area contributed by atoms with E-state index >= 15 is 0 Å². The van der Waals surface area contributed by atoms with Gasteiger partial charge in [0.1, 0.15) is 18.1 Å². The van der Waals surface area contributed by atoms with Gasteiger partial charge < -0.3 is 42.6 Å². The number of para-hydroxylation sites is 1. The van der Waals surface area contributed by atoms with E-state index in [0.29, 0.717) is 37.1 Å². The molecule has 0 saturated carbocycles. The maximum atomic E-state index is 13.2. The largest absolute Gasteiger partial charge is 0.481 e. The number of amides is 3. The van der Waals surface area contributed by atoms with Crippen LogP contribution in [0.2, 0.25) is 0 Å². The van der Waals surface area contributed by atoms with Crippen LogP contribution in [-0.4, -0.2) is 87.6 Å². The first kappa shape index (κ1) is 32.6. The summed E-state index contributed by atoms with van der Waals surface area (Å²) in [7, 11) is 0. The summed E-state index contributed by atoms with van der Waals surface area (Å²) >= 11 is 1.41. The number of rotatable bonds is 18. The maximum absolute atomic E-state index is 13.2. The van der Waals surface area contributed by atoms with Crippen molar-refractivity contribution in [3.05, 3.63) is 36.0 Å².